The number of nitrogens with one attached hydrogen (secondary N) is 1. The Bertz CT molecular complexity index is 1250. The van der Waals surface area contributed by atoms with Crippen LogP contribution >= 0.6 is 11.6 Å². The fourth-order valence-corrected chi connectivity index (χ4v) is 4.16. The first kappa shape index (κ1) is 28.8. The molecule has 4 rings (SSSR count). The zero-order valence-corrected chi connectivity index (χ0v) is 23.5. The van der Waals surface area contributed by atoms with Gasteiger partial charge in [-0.1, -0.05) is 23.7 Å². The maximum atomic E-state index is 12.7. The van der Waals surface area contributed by atoms with Crippen LogP contribution in [0, 0.1) is 0 Å². The van der Waals surface area contributed by atoms with Crippen molar-refractivity contribution >= 4 is 23.5 Å². The summed E-state index contributed by atoms with van der Waals surface area (Å²) in [6, 6.07) is 17.2. The van der Waals surface area contributed by atoms with Crippen molar-refractivity contribution < 1.29 is 63.2 Å². The van der Waals surface area contributed by atoms with E-state index in [1.165, 1.54) is 13.2 Å². The summed E-state index contributed by atoms with van der Waals surface area (Å²) in [7, 11) is 3.13. The molecule has 0 aliphatic carbocycles. The van der Waals surface area contributed by atoms with Gasteiger partial charge in [-0.05, 0) is 54.4 Å². The second-order valence-corrected chi connectivity index (χ2v) is 8.62. The molecule has 0 aromatic heterocycles. The van der Waals surface area contributed by atoms with Gasteiger partial charge in [0.25, 0.3) is 5.91 Å². The molecule has 1 aliphatic heterocycles. The molecule has 0 spiro atoms. The van der Waals surface area contributed by atoms with Crippen LogP contribution in [0.15, 0.2) is 60.7 Å². The van der Waals surface area contributed by atoms with Gasteiger partial charge >= 0.3 is 29.6 Å². The minimum Gasteiger partial charge on any atom is -0.549 e. The fourth-order valence-electron chi connectivity index (χ4n) is 3.95. The van der Waals surface area contributed by atoms with Gasteiger partial charge in [-0.15, -0.1) is 0 Å². The molecule has 1 heterocycles. The van der Waals surface area contributed by atoms with Crippen LogP contribution in [0.25, 0.3) is 0 Å². The predicted octanol–water partition coefficient (Wildman–Crippen LogP) is 0.706. The number of ether oxygens (including phenoxy) is 4. The number of aliphatic carboxylic acids is 1. The molecule has 2 unspecified atom stereocenters. The third-order valence-corrected chi connectivity index (χ3v) is 6.16. The Labute approximate surface area is 242 Å². The second-order valence-electron chi connectivity index (χ2n) is 8.21. The maximum Gasteiger partial charge on any atom is 1.00 e. The van der Waals surface area contributed by atoms with Gasteiger partial charge in [0.1, 0.15) is 29.2 Å². The molecular weight excluding hydrogens is 509 g/mol. The molecule has 3 aromatic rings. The van der Waals surface area contributed by atoms with Gasteiger partial charge in [0.05, 0.1) is 18.7 Å². The summed E-state index contributed by atoms with van der Waals surface area (Å²) in [6.45, 7) is 0.261. The van der Waals surface area contributed by atoms with E-state index >= 15 is 0 Å². The molecule has 1 aliphatic rings. The number of hydrogen-bond donors (Lipinski definition) is 1. The van der Waals surface area contributed by atoms with Crippen LogP contribution in [-0.4, -0.2) is 38.9 Å². The van der Waals surface area contributed by atoms with E-state index in [1.807, 2.05) is 24.3 Å². The Morgan fingerprint density at radius 3 is 2.54 bits per heavy atom. The third-order valence-electron chi connectivity index (χ3n) is 5.86. The normalized spacial score (nSPS) is 14.8. The molecule has 10 heteroatoms. The molecule has 188 valence electrons. The van der Waals surface area contributed by atoms with Crippen molar-refractivity contribution in [3.8, 4) is 23.0 Å². The van der Waals surface area contributed by atoms with Crippen molar-refractivity contribution in [2.75, 3.05) is 20.8 Å². The zero-order valence-electron chi connectivity index (χ0n) is 20.8. The summed E-state index contributed by atoms with van der Waals surface area (Å²) >= 11 is 6.34. The quantitative estimate of drug-likeness (QED) is 0.319. The van der Waals surface area contributed by atoms with E-state index < -0.39 is 18.1 Å². The summed E-state index contributed by atoms with van der Waals surface area (Å²) in [4.78, 5) is 24.2. The van der Waals surface area contributed by atoms with Crippen molar-refractivity contribution in [1.82, 2.24) is 5.32 Å². The topological polar surface area (TPSA) is 106 Å². The van der Waals surface area contributed by atoms with Crippen molar-refractivity contribution in [1.29, 1.82) is 0 Å². The summed E-state index contributed by atoms with van der Waals surface area (Å²) in [5.41, 5.74) is 1.85. The van der Waals surface area contributed by atoms with Crippen LogP contribution in [0.3, 0.4) is 0 Å². The minimum absolute atomic E-state index is 0. The van der Waals surface area contributed by atoms with Gasteiger partial charge in [0, 0.05) is 42.6 Å². The molecule has 0 bridgehead atoms. The van der Waals surface area contributed by atoms with Gasteiger partial charge in [-0.2, -0.15) is 0 Å². The first-order valence-corrected chi connectivity index (χ1v) is 11.7. The first-order valence-electron chi connectivity index (χ1n) is 11.3. The van der Waals surface area contributed by atoms with Crippen LogP contribution in [0.4, 0.5) is 0 Å². The number of rotatable bonds is 9. The number of carboxylic acids is 1. The van der Waals surface area contributed by atoms with Crippen LogP contribution in [0.2, 0.25) is 5.02 Å². The summed E-state index contributed by atoms with van der Waals surface area (Å²) in [6.07, 6.45) is 0.261. The maximum absolute atomic E-state index is 12.7. The number of hydrogen-bond acceptors (Lipinski definition) is 7. The number of carbonyl (C=O) groups excluding carboxylic acids is 2. The SMILES string of the molecule is COc1cccc(CC(NC(=O)c2ccc(Oc3cc4c(cc3Cl)C(C(=O)[O-])CCO4)cc2)OC)c1.[Na+]. The van der Waals surface area contributed by atoms with Crippen molar-refractivity contribution in [3.05, 3.63) is 82.4 Å². The number of amides is 1. The van der Waals surface area contributed by atoms with E-state index in [0.29, 0.717) is 41.2 Å². The van der Waals surface area contributed by atoms with Gasteiger partial charge < -0.3 is 34.2 Å². The van der Waals surface area contributed by atoms with Gasteiger partial charge in [-0.3, -0.25) is 4.79 Å². The molecule has 8 nitrogen and oxygen atoms in total. The molecule has 0 saturated heterocycles. The smallest absolute Gasteiger partial charge is 0.549 e. The van der Waals surface area contributed by atoms with Crippen molar-refractivity contribution in [3.63, 3.8) is 0 Å². The Balaban J connectivity index is 0.00000380. The average molecular weight is 534 g/mol. The number of carboxylic acid groups (broad SMARTS) is 1. The molecule has 0 radical (unpaired) electrons. The minimum atomic E-state index is -1.17. The molecule has 0 fully saturated rings. The van der Waals surface area contributed by atoms with Gasteiger partial charge in [0.15, 0.2) is 0 Å². The van der Waals surface area contributed by atoms with Gasteiger partial charge in [0.2, 0.25) is 0 Å². The number of benzene rings is 3. The van der Waals surface area contributed by atoms with Gasteiger partial charge in [-0.25, -0.2) is 0 Å². The number of methoxy groups -OCH3 is 2. The largest absolute Gasteiger partial charge is 1.00 e. The number of carbonyl (C=O) groups is 2. The Hall–Kier alpha value is -2.75. The zero-order chi connectivity index (χ0) is 25.7. The average Bonchev–Trinajstić information content (AvgIpc) is 2.88. The fraction of sp³-hybridized carbons (Fsp3) is 0.259. The van der Waals surface area contributed by atoms with Crippen LogP contribution in [-0.2, 0) is 16.0 Å². The molecule has 3 aromatic carbocycles. The summed E-state index contributed by atoms with van der Waals surface area (Å²) in [5, 5.41) is 14.5. The standard InChI is InChI=1S/C27H26ClNO7.Na/c1-33-19-5-3-4-16(12-19)13-25(34-2)29-26(30)17-6-8-18(9-7-17)36-24-15-23-21(14-22(24)28)20(27(31)32)10-11-35-23;/h3-9,12,14-15,20,25H,10-11,13H2,1-2H3,(H,29,30)(H,31,32);/q;+1/p-1. The number of halogens is 1. The summed E-state index contributed by atoms with van der Waals surface area (Å²) < 4.78 is 22.1. The van der Waals surface area contributed by atoms with Crippen LogP contribution in [0.1, 0.15) is 33.8 Å². The number of fused-ring (bicyclic) bond motifs is 1. The Kier molecular flexibility index (Phi) is 10.3. The van der Waals surface area contributed by atoms with E-state index in [0.717, 1.165) is 11.3 Å². The van der Waals surface area contributed by atoms with Crippen LogP contribution < -0.4 is 54.2 Å². The molecular formula is C27H25ClNNaO7. The monoisotopic (exact) mass is 533 g/mol. The van der Waals surface area contributed by atoms with E-state index in [4.69, 9.17) is 30.5 Å². The second kappa shape index (κ2) is 13.2. The third kappa shape index (κ3) is 7.18. The van der Waals surface area contributed by atoms with Crippen molar-refractivity contribution in [2.45, 2.75) is 25.0 Å². The molecule has 2 atom stereocenters. The molecule has 1 N–H and O–H groups in total. The molecule has 37 heavy (non-hydrogen) atoms. The van der Waals surface area contributed by atoms with E-state index in [-0.39, 0.29) is 47.1 Å². The first-order chi connectivity index (χ1) is 17.4. The van der Waals surface area contributed by atoms with E-state index in [9.17, 15) is 14.7 Å². The molecule has 0 saturated carbocycles. The Morgan fingerprint density at radius 1 is 1.11 bits per heavy atom. The Morgan fingerprint density at radius 2 is 1.86 bits per heavy atom. The van der Waals surface area contributed by atoms with Crippen molar-refractivity contribution in [2.24, 2.45) is 0 Å². The van der Waals surface area contributed by atoms with Crippen LogP contribution in [0.5, 0.6) is 23.0 Å². The summed E-state index contributed by atoms with van der Waals surface area (Å²) in [5.74, 6) is -0.370. The molecule has 1 amide bonds. The van der Waals surface area contributed by atoms with E-state index in [2.05, 4.69) is 5.32 Å². The predicted molar refractivity (Wildman–Crippen MR) is 131 cm³/mol. The van der Waals surface area contributed by atoms with E-state index in [1.54, 1.807) is 37.4 Å².